The van der Waals surface area contributed by atoms with E-state index in [1.165, 1.54) is 0 Å². The van der Waals surface area contributed by atoms with Crippen LogP contribution in [-0.4, -0.2) is 28.6 Å². The summed E-state index contributed by atoms with van der Waals surface area (Å²) >= 11 is 0. The number of aliphatic hydroxyl groups is 1. The van der Waals surface area contributed by atoms with Gasteiger partial charge in [-0.15, -0.1) is 0 Å². The molecule has 0 bridgehead atoms. The van der Waals surface area contributed by atoms with E-state index < -0.39 is 6.10 Å². The third kappa shape index (κ3) is 3.68. The molecular formula is C15H18N2O3. The van der Waals surface area contributed by atoms with Gasteiger partial charge in [0.25, 0.3) is 5.91 Å². The van der Waals surface area contributed by atoms with Gasteiger partial charge in [0.15, 0.2) is 5.89 Å². The highest BCUT2D eigenvalue weighted by atomic mass is 16.4. The second kappa shape index (κ2) is 6.34. The van der Waals surface area contributed by atoms with E-state index in [4.69, 9.17) is 4.42 Å². The van der Waals surface area contributed by atoms with Crippen LogP contribution in [-0.2, 0) is 6.42 Å². The largest absolute Gasteiger partial charge is 0.436 e. The number of rotatable bonds is 5. The molecule has 1 aromatic heterocycles. The Morgan fingerprint density at radius 1 is 1.35 bits per heavy atom. The number of benzene rings is 1. The summed E-state index contributed by atoms with van der Waals surface area (Å²) in [7, 11) is 0. The SMILES string of the molecule is Cc1nc(C)c(C(=O)NC[C@H](O)Cc2ccccc2)o1. The van der Waals surface area contributed by atoms with Gasteiger partial charge in [-0.3, -0.25) is 4.79 Å². The second-order valence-electron chi connectivity index (χ2n) is 4.70. The molecule has 0 saturated carbocycles. The topological polar surface area (TPSA) is 75.4 Å². The van der Waals surface area contributed by atoms with Gasteiger partial charge in [0.1, 0.15) is 0 Å². The van der Waals surface area contributed by atoms with Crippen LogP contribution >= 0.6 is 0 Å². The van der Waals surface area contributed by atoms with Crippen LogP contribution in [0.1, 0.15) is 27.7 Å². The maximum absolute atomic E-state index is 11.9. The van der Waals surface area contributed by atoms with Gasteiger partial charge in [-0.2, -0.15) is 0 Å². The molecule has 1 atom stereocenters. The fraction of sp³-hybridized carbons (Fsp3) is 0.333. The van der Waals surface area contributed by atoms with Crippen molar-refractivity contribution in [2.75, 3.05) is 6.54 Å². The van der Waals surface area contributed by atoms with Crippen molar-refractivity contribution < 1.29 is 14.3 Å². The number of amides is 1. The molecule has 1 aromatic carbocycles. The first-order chi connectivity index (χ1) is 9.56. The monoisotopic (exact) mass is 274 g/mol. The molecule has 5 heteroatoms. The molecule has 0 radical (unpaired) electrons. The average molecular weight is 274 g/mol. The van der Waals surface area contributed by atoms with Crippen molar-refractivity contribution in [1.82, 2.24) is 10.3 Å². The van der Waals surface area contributed by atoms with Crippen LogP contribution in [0.5, 0.6) is 0 Å². The first kappa shape index (κ1) is 14.3. The number of hydrogen-bond donors (Lipinski definition) is 2. The highest BCUT2D eigenvalue weighted by Gasteiger charge is 2.16. The number of aliphatic hydroxyl groups excluding tert-OH is 1. The van der Waals surface area contributed by atoms with E-state index in [0.717, 1.165) is 5.56 Å². The summed E-state index contributed by atoms with van der Waals surface area (Å²) in [5.41, 5.74) is 1.58. The fourth-order valence-corrected chi connectivity index (χ4v) is 1.99. The van der Waals surface area contributed by atoms with Crippen LogP contribution in [0.15, 0.2) is 34.7 Å². The Kier molecular flexibility index (Phi) is 4.53. The maximum atomic E-state index is 11.9. The molecule has 1 amide bonds. The number of nitrogens with one attached hydrogen (secondary N) is 1. The van der Waals surface area contributed by atoms with Gasteiger partial charge >= 0.3 is 0 Å². The minimum Gasteiger partial charge on any atom is -0.436 e. The predicted octanol–water partition coefficient (Wildman–Crippen LogP) is 1.62. The van der Waals surface area contributed by atoms with Crippen molar-refractivity contribution in [3.8, 4) is 0 Å². The smallest absolute Gasteiger partial charge is 0.289 e. The van der Waals surface area contributed by atoms with Crippen LogP contribution < -0.4 is 5.32 Å². The summed E-state index contributed by atoms with van der Waals surface area (Å²) in [5, 5.41) is 12.6. The van der Waals surface area contributed by atoms with E-state index in [0.29, 0.717) is 18.0 Å². The summed E-state index contributed by atoms with van der Waals surface area (Å²) in [6.45, 7) is 3.58. The van der Waals surface area contributed by atoms with Crippen LogP contribution in [0.2, 0.25) is 0 Å². The molecule has 0 saturated heterocycles. The predicted molar refractivity (Wildman–Crippen MR) is 74.5 cm³/mol. The third-order valence-electron chi connectivity index (χ3n) is 2.92. The minimum absolute atomic E-state index is 0.174. The Hall–Kier alpha value is -2.14. The van der Waals surface area contributed by atoms with Gasteiger partial charge in [-0.1, -0.05) is 30.3 Å². The Bertz CT molecular complexity index is 578. The summed E-state index contributed by atoms with van der Waals surface area (Å²) in [4.78, 5) is 15.9. The zero-order valence-corrected chi connectivity index (χ0v) is 11.6. The van der Waals surface area contributed by atoms with Crippen molar-refractivity contribution >= 4 is 5.91 Å². The second-order valence-corrected chi connectivity index (χ2v) is 4.70. The molecule has 2 rings (SSSR count). The lowest BCUT2D eigenvalue weighted by atomic mass is 10.1. The van der Waals surface area contributed by atoms with E-state index in [9.17, 15) is 9.90 Å². The molecule has 20 heavy (non-hydrogen) atoms. The first-order valence-corrected chi connectivity index (χ1v) is 6.50. The Morgan fingerprint density at radius 3 is 2.65 bits per heavy atom. The molecule has 106 valence electrons. The van der Waals surface area contributed by atoms with E-state index in [2.05, 4.69) is 10.3 Å². The average Bonchev–Trinajstić information content (AvgIpc) is 2.76. The number of hydrogen-bond acceptors (Lipinski definition) is 4. The van der Waals surface area contributed by atoms with E-state index in [1.54, 1.807) is 13.8 Å². The van der Waals surface area contributed by atoms with E-state index in [1.807, 2.05) is 30.3 Å². The molecule has 1 heterocycles. The molecule has 0 aliphatic carbocycles. The van der Waals surface area contributed by atoms with Crippen molar-refractivity contribution in [2.24, 2.45) is 0 Å². The molecule has 0 unspecified atom stereocenters. The van der Waals surface area contributed by atoms with Gasteiger partial charge in [0, 0.05) is 19.9 Å². The highest BCUT2D eigenvalue weighted by molar-refractivity contribution is 5.92. The third-order valence-corrected chi connectivity index (χ3v) is 2.92. The molecule has 0 aliphatic heterocycles. The molecule has 0 fully saturated rings. The molecule has 0 spiro atoms. The Balaban J connectivity index is 1.86. The van der Waals surface area contributed by atoms with Gasteiger partial charge in [-0.05, 0) is 12.5 Å². The number of carbonyl (C=O) groups excluding carboxylic acids is 1. The number of nitrogens with zero attached hydrogens (tertiary/aromatic N) is 1. The van der Waals surface area contributed by atoms with E-state index >= 15 is 0 Å². The number of carbonyl (C=O) groups is 1. The minimum atomic E-state index is -0.634. The van der Waals surface area contributed by atoms with Crippen LogP contribution in [0, 0.1) is 13.8 Å². The Labute approximate surface area is 117 Å². The summed E-state index contributed by atoms with van der Waals surface area (Å²) in [6.07, 6.45) is -0.138. The summed E-state index contributed by atoms with van der Waals surface area (Å²) in [6, 6.07) is 9.64. The highest BCUT2D eigenvalue weighted by Crippen LogP contribution is 2.09. The van der Waals surface area contributed by atoms with Crippen LogP contribution in [0.25, 0.3) is 0 Å². The fourth-order valence-electron chi connectivity index (χ4n) is 1.99. The maximum Gasteiger partial charge on any atom is 0.289 e. The molecule has 0 aliphatic rings. The molecular weight excluding hydrogens is 256 g/mol. The lowest BCUT2D eigenvalue weighted by molar-refractivity contribution is 0.0886. The number of aromatic nitrogens is 1. The van der Waals surface area contributed by atoms with Crippen LogP contribution in [0.4, 0.5) is 0 Å². The van der Waals surface area contributed by atoms with Crippen LogP contribution in [0.3, 0.4) is 0 Å². The summed E-state index contributed by atoms with van der Waals surface area (Å²) < 4.78 is 5.22. The van der Waals surface area contributed by atoms with Gasteiger partial charge in [-0.25, -0.2) is 4.98 Å². The zero-order valence-electron chi connectivity index (χ0n) is 11.6. The van der Waals surface area contributed by atoms with Crippen molar-refractivity contribution in [3.05, 3.63) is 53.2 Å². The van der Waals surface area contributed by atoms with E-state index in [-0.39, 0.29) is 18.2 Å². The van der Waals surface area contributed by atoms with Gasteiger partial charge in [0.2, 0.25) is 5.76 Å². The van der Waals surface area contributed by atoms with Crippen molar-refractivity contribution in [3.63, 3.8) is 0 Å². The summed E-state index contributed by atoms with van der Waals surface area (Å²) in [5.74, 6) is 0.308. The molecule has 2 N–H and O–H groups in total. The normalized spacial score (nSPS) is 12.2. The van der Waals surface area contributed by atoms with Crippen molar-refractivity contribution in [1.29, 1.82) is 0 Å². The number of aryl methyl sites for hydroxylation is 2. The lowest BCUT2D eigenvalue weighted by Crippen LogP contribution is -2.33. The van der Waals surface area contributed by atoms with Crippen molar-refractivity contribution in [2.45, 2.75) is 26.4 Å². The van der Waals surface area contributed by atoms with Gasteiger partial charge in [0.05, 0.1) is 11.8 Å². The van der Waals surface area contributed by atoms with Gasteiger partial charge < -0.3 is 14.8 Å². The Morgan fingerprint density at radius 2 is 2.05 bits per heavy atom. The first-order valence-electron chi connectivity index (χ1n) is 6.50. The number of oxazole rings is 1. The molecule has 2 aromatic rings. The quantitative estimate of drug-likeness (QED) is 0.869. The standard InChI is InChI=1S/C15H18N2O3/c1-10-14(20-11(2)17-10)15(19)16-9-13(18)8-12-6-4-3-5-7-12/h3-7,13,18H,8-9H2,1-2H3,(H,16,19)/t13-/m1/s1. The molecule has 5 nitrogen and oxygen atoms in total. The lowest BCUT2D eigenvalue weighted by Gasteiger charge is -2.11. The zero-order chi connectivity index (χ0) is 14.5.